The van der Waals surface area contributed by atoms with E-state index in [9.17, 15) is 4.79 Å². The lowest BCUT2D eigenvalue weighted by atomic mass is 9.87. The Morgan fingerprint density at radius 2 is 2.33 bits per heavy atom. The minimum Gasteiger partial charge on any atom is -0.480 e. The fourth-order valence-corrected chi connectivity index (χ4v) is 2.24. The lowest BCUT2D eigenvalue weighted by molar-refractivity contribution is -0.141. The van der Waals surface area contributed by atoms with Gasteiger partial charge in [-0.2, -0.15) is 0 Å². The number of carboxylic acid groups (broad SMARTS) is 1. The molecule has 15 heavy (non-hydrogen) atoms. The van der Waals surface area contributed by atoms with E-state index in [4.69, 9.17) is 9.84 Å². The summed E-state index contributed by atoms with van der Waals surface area (Å²) in [4.78, 5) is 10.9. The SMILES string of the molecule is COCC(NC1CCCC1(C)C)C(=O)O. The molecule has 1 saturated carbocycles. The molecular weight excluding hydrogens is 194 g/mol. The first kappa shape index (κ1) is 12.5. The molecule has 2 atom stereocenters. The molecule has 1 rings (SSSR count). The number of hydrogen-bond acceptors (Lipinski definition) is 3. The highest BCUT2D eigenvalue weighted by atomic mass is 16.5. The molecule has 0 radical (unpaired) electrons. The van der Waals surface area contributed by atoms with Crippen molar-refractivity contribution in [3.8, 4) is 0 Å². The van der Waals surface area contributed by atoms with Crippen molar-refractivity contribution >= 4 is 5.97 Å². The first-order chi connectivity index (χ1) is 6.97. The van der Waals surface area contributed by atoms with Crippen LogP contribution in [0.5, 0.6) is 0 Å². The van der Waals surface area contributed by atoms with E-state index in [0.29, 0.717) is 0 Å². The van der Waals surface area contributed by atoms with Crippen LogP contribution in [0.2, 0.25) is 0 Å². The van der Waals surface area contributed by atoms with Gasteiger partial charge < -0.3 is 9.84 Å². The second-order valence-electron chi connectivity index (χ2n) is 4.95. The molecule has 1 aliphatic carbocycles. The fourth-order valence-electron chi connectivity index (χ4n) is 2.24. The molecule has 0 aromatic heterocycles. The van der Waals surface area contributed by atoms with Crippen LogP contribution in [-0.4, -0.2) is 36.9 Å². The number of ether oxygens (including phenoxy) is 1. The number of hydrogen-bond donors (Lipinski definition) is 2. The molecule has 0 heterocycles. The van der Waals surface area contributed by atoms with E-state index in [-0.39, 0.29) is 18.1 Å². The quantitative estimate of drug-likeness (QED) is 0.724. The maximum atomic E-state index is 10.9. The third-order valence-corrected chi connectivity index (χ3v) is 3.29. The molecule has 0 saturated heterocycles. The van der Waals surface area contributed by atoms with Crippen molar-refractivity contribution < 1.29 is 14.6 Å². The van der Waals surface area contributed by atoms with Crippen LogP contribution < -0.4 is 5.32 Å². The van der Waals surface area contributed by atoms with Gasteiger partial charge in [-0.25, -0.2) is 0 Å². The van der Waals surface area contributed by atoms with E-state index in [1.165, 1.54) is 13.5 Å². The normalized spacial score (nSPS) is 26.5. The van der Waals surface area contributed by atoms with Crippen LogP contribution in [0.15, 0.2) is 0 Å². The van der Waals surface area contributed by atoms with Crippen LogP contribution in [0.1, 0.15) is 33.1 Å². The number of methoxy groups -OCH3 is 1. The maximum absolute atomic E-state index is 10.9. The molecule has 88 valence electrons. The Labute approximate surface area is 91.0 Å². The Hall–Kier alpha value is -0.610. The van der Waals surface area contributed by atoms with Gasteiger partial charge in [0.2, 0.25) is 0 Å². The fraction of sp³-hybridized carbons (Fsp3) is 0.909. The van der Waals surface area contributed by atoms with Gasteiger partial charge in [0.05, 0.1) is 6.61 Å². The summed E-state index contributed by atoms with van der Waals surface area (Å²) in [6.45, 7) is 4.59. The zero-order chi connectivity index (χ0) is 11.5. The first-order valence-electron chi connectivity index (χ1n) is 5.45. The minimum absolute atomic E-state index is 0.196. The van der Waals surface area contributed by atoms with E-state index in [1.807, 2.05) is 0 Å². The van der Waals surface area contributed by atoms with E-state index < -0.39 is 12.0 Å². The molecule has 0 aliphatic heterocycles. The molecule has 0 spiro atoms. The van der Waals surface area contributed by atoms with Crippen molar-refractivity contribution in [2.24, 2.45) is 5.41 Å². The third kappa shape index (κ3) is 3.18. The highest BCUT2D eigenvalue weighted by Crippen LogP contribution is 2.37. The van der Waals surface area contributed by atoms with Crippen LogP contribution in [0.3, 0.4) is 0 Å². The molecule has 1 fully saturated rings. The summed E-state index contributed by atoms with van der Waals surface area (Å²) in [5.74, 6) is -0.834. The van der Waals surface area contributed by atoms with Crippen molar-refractivity contribution in [1.29, 1.82) is 0 Å². The number of rotatable bonds is 5. The predicted molar refractivity (Wildman–Crippen MR) is 57.9 cm³/mol. The van der Waals surface area contributed by atoms with Gasteiger partial charge in [-0.1, -0.05) is 20.3 Å². The Kier molecular flexibility index (Phi) is 4.11. The van der Waals surface area contributed by atoms with E-state index in [2.05, 4.69) is 19.2 Å². The van der Waals surface area contributed by atoms with Crippen molar-refractivity contribution in [3.05, 3.63) is 0 Å². The van der Waals surface area contributed by atoms with Gasteiger partial charge in [0, 0.05) is 13.2 Å². The Morgan fingerprint density at radius 1 is 1.67 bits per heavy atom. The highest BCUT2D eigenvalue weighted by molar-refractivity contribution is 5.73. The number of carboxylic acids is 1. The van der Waals surface area contributed by atoms with Gasteiger partial charge in [0.1, 0.15) is 6.04 Å². The van der Waals surface area contributed by atoms with Crippen LogP contribution in [0.4, 0.5) is 0 Å². The van der Waals surface area contributed by atoms with Crippen LogP contribution >= 0.6 is 0 Å². The molecule has 4 nitrogen and oxygen atoms in total. The van der Waals surface area contributed by atoms with Gasteiger partial charge in [0.25, 0.3) is 0 Å². The highest BCUT2D eigenvalue weighted by Gasteiger charge is 2.36. The minimum atomic E-state index is -0.834. The number of nitrogens with one attached hydrogen (secondary N) is 1. The lowest BCUT2D eigenvalue weighted by Gasteiger charge is -2.30. The number of carbonyl (C=O) groups is 1. The van der Waals surface area contributed by atoms with Gasteiger partial charge in [0.15, 0.2) is 0 Å². The van der Waals surface area contributed by atoms with Gasteiger partial charge >= 0.3 is 5.97 Å². The van der Waals surface area contributed by atoms with Crippen molar-refractivity contribution in [3.63, 3.8) is 0 Å². The summed E-state index contributed by atoms with van der Waals surface area (Å²) in [7, 11) is 1.53. The summed E-state index contributed by atoms with van der Waals surface area (Å²) in [6, 6.07) is -0.300. The molecule has 2 N–H and O–H groups in total. The predicted octanol–water partition coefficient (Wildman–Crippen LogP) is 1.25. The largest absolute Gasteiger partial charge is 0.480 e. The van der Waals surface area contributed by atoms with Gasteiger partial charge in [-0.05, 0) is 18.3 Å². The monoisotopic (exact) mass is 215 g/mol. The molecule has 0 aromatic carbocycles. The average Bonchev–Trinajstić information content (AvgIpc) is 2.45. The summed E-state index contributed by atoms with van der Waals surface area (Å²) in [5, 5.41) is 12.2. The summed E-state index contributed by atoms with van der Waals surface area (Å²) >= 11 is 0. The second kappa shape index (κ2) is 4.94. The summed E-state index contributed by atoms with van der Waals surface area (Å²) < 4.78 is 4.90. The topological polar surface area (TPSA) is 58.6 Å². The summed E-state index contributed by atoms with van der Waals surface area (Å²) in [6.07, 6.45) is 3.38. The third-order valence-electron chi connectivity index (χ3n) is 3.29. The average molecular weight is 215 g/mol. The van der Waals surface area contributed by atoms with E-state index >= 15 is 0 Å². The zero-order valence-electron chi connectivity index (χ0n) is 9.75. The Bertz CT molecular complexity index is 228. The maximum Gasteiger partial charge on any atom is 0.323 e. The molecule has 0 amide bonds. The molecule has 0 aromatic rings. The second-order valence-corrected chi connectivity index (χ2v) is 4.95. The molecule has 2 unspecified atom stereocenters. The molecular formula is C11H21NO3. The zero-order valence-corrected chi connectivity index (χ0v) is 9.75. The van der Waals surface area contributed by atoms with E-state index in [1.54, 1.807) is 0 Å². The van der Waals surface area contributed by atoms with Crippen LogP contribution in [0.25, 0.3) is 0 Å². The van der Waals surface area contributed by atoms with Gasteiger partial charge in [-0.3, -0.25) is 10.1 Å². The Morgan fingerprint density at radius 3 is 2.73 bits per heavy atom. The van der Waals surface area contributed by atoms with Crippen molar-refractivity contribution in [2.75, 3.05) is 13.7 Å². The molecule has 1 aliphatic rings. The van der Waals surface area contributed by atoms with E-state index in [0.717, 1.165) is 12.8 Å². The smallest absolute Gasteiger partial charge is 0.323 e. The summed E-state index contributed by atoms with van der Waals surface area (Å²) in [5.41, 5.74) is 0.196. The first-order valence-corrected chi connectivity index (χ1v) is 5.45. The Balaban J connectivity index is 2.54. The standard InChI is InChI=1S/C11H21NO3/c1-11(2)6-4-5-9(11)12-8(7-15-3)10(13)14/h8-9,12H,4-7H2,1-3H3,(H,13,14). The van der Waals surface area contributed by atoms with Crippen molar-refractivity contribution in [2.45, 2.75) is 45.2 Å². The van der Waals surface area contributed by atoms with Gasteiger partial charge in [-0.15, -0.1) is 0 Å². The molecule has 0 bridgehead atoms. The van der Waals surface area contributed by atoms with Crippen LogP contribution in [0, 0.1) is 5.41 Å². The molecule has 4 heteroatoms. The van der Waals surface area contributed by atoms with Crippen molar-refractivity contribution in [1.82, 2.24) is 5.32 Å². The lowest BCUT2D eigenvalue weighted by Crippen LogP contribution is -2.49. The number of aliphatic carboxylic acids is 1. The van der Waals surface area contributed by atoms with Crippen LogP contribution in [-0.2, 0) is 9.53 Å².